The molecule has 50 heavy (non-hydrogen) atoms. The van der Waals surface area contributed by atoms with E-state index in [0.717, 1.165) is 55.5 Å². The molecular formula is C39H52N6O5. The lowest BCUT2D eigenvalue weighted by atomic mass is 9.72. The first-order chi connectivity index (χ1) is 23.5. The Morgan fingerprint density at radius 3 is 2.36 bits per heavy atom. The van der Waals surface area contributed by atoms with Gasteiger partial charge in [0.15, 0.2) is 23.3 Å². The normalized spacial score (nSPS) is 18.0. The van der Waals surface area contributed by atoms with Crippen molar-refractivity contribution < 1.29 is 23.8 Å². The highest BCUT2D eigenvalue weighted by Gasteiger charge is 2.51. The van der Waals surface area contributed by atoms with E-state index in [-0.39, 0.29) is 16.7 Å². The van der Waals surface area contributed by atoms with Crippen molar-refractivity contribution >= 4 is 17.9 Å². The van der Waals surface area contributed by atoms with Crippen LogP contribution >= 0.6 is 0 Å². The number of pyridine rings is 1. The summed E-state index contributed by atoms with van der Waals surface area (Å²) in [4.78, 5) is 36.1. The minimum absolute atomic E-state index is 0.0489. The average Bonchev–Trinajstić information content (AvgIpc) is 3.36. The first-order valence-electron chi connectivity index (χ1n) is 17.6. The Morgan fingerprint density at radius 2 is 1.74 bits per heavy atom. The lowest BCUT2D eigenvalue weighted by Crippen LogP contribution is -2.71. The van der Waals surface area contributed by atoms with Crippen LogP contribution in [0.4, 0.5) is 10.6 Å². The van der Waals surface area contributed by atoms with Crippen LogP contribution < -0.4 is 9.64 Å². The van der Waals surface area contributed by atoms with Gasteiger partial charge in [-0.25, -0.2) is 19.3 Å². The molecule has 1 aromatic carbocycles. The Morgan fingerprint density at radius 1 is 1.02 bits per heavy atom. The zero-order valence-electron chi connectivity index (χ0n) is 31.1. The van der Waals surface area contributed by atoms with E-state index >= 15 is 0 Å². The SMILES string of the molecule is COC(=C=O)C[C@H](CN1CC2(CN(Cc3ccc4c(n3)N(C(=O)OC(C)(C)C)CCO4)C2)C1)c1cc(-n2nc(C)cc2C)cc(C(C)(C)C)c1. The number of ether oxygens (including phenoxy) is 3. The van der Waals surface area contributed by atoms with Crippen molar-refractivity contribution in [2.75, 3.05) is 57.9 Å². The number of amides is 1. The predicted molar refractivity (Wildman–Crippen MR) is 193 cm³/mol. The number of benzene rings is 1. The molecule has 11 heteroatoms. The highest BCUT2D eigenvalue weighted by Crippen LogP contribution is 2.42. The van der Waals surface area contributed by atoms with Gasteiger partial charge in [-0.15, -0.1) is 0 Å². The molecule has 0 N–H and O–H groups in total. The Labute approximate surface area is 296 Å². The number of aryl methyl sites for hydroxylation is 2. The number of hydrogen-bond donors (Lipinski definition) is 0. The third-order valence-corrected chi connectivity index (χ3v) is 9.76. The van der Waals surface area contributed by atoms with Gasteiger partial charge < -0.3 is 19.1 Å². The van der Waals surface area contributed by atoms with Crippen molar-refractivity contribution in [1.82, 2.24) is 24.6 Å². The monoisotopic (exact) mass is 684 g/mol. The maximum absolute atomic E-state index is 12.9. The fourth-order valence-corrected chi connectivity index (χ4v) is 7.50. The van der Waals surface area contributed by atoms with Gasteiger partial charge in [0.05, 0.1) is 30.7 Å². The van der Waals surface area contributed by atoms with E-state index in [1.807, 2.05) is 50.5 Å². The first kappa shape index (κ1) is 35.6. The van der Waals surface area contributed by atoms with Crippen LogP contribution in [-0.4, -0.2) is 95.2 Å². The van der Waals surface area contributed by atoms with E-state index in [1.165, 1.54) is 11.1 Å². The summed E-state index contributed by atoms with van der Waals surface area (Å²) in [5.41, 5.74) is 5.98. The maximum Gasteiger partial charge on any atom is 0.416 e. The van der Waals surface area contributed by atoms with E-state index < -0.39 is 11.7 Å². The second kappa shape index (κ2) is 13.5. The van der Waals surface area contributed by atoms with Crippen LogP contribution in [0.2, 0.25) is 0 Å². The zero-order valence-corrected chi connectivity index (χ0v) is 31.1. The molecule has 5 heterocycles. The molecule has 2 aromatic heterocycles. The highest BCUT2D eigenvalue weighted by molar-refractivity contribution is 5.89. The molecule has 0 radical (unpaired) electrons. The summed E-state index contributed by atoms with van der Waals surface area (Å²) in [5, 5.41) is 4.78. The molecule has 1 amide bonds. The molecule has 1 spiro atoms. The summed E-state index contributed by atoms with van der Waals surface area (Å²) in [5.74, 6) is 3.54. The molecule has 3 aliphatic heterocycles. The Bertz CT molecular complexity index is 1780. The molecular weight excluding hydrogens is 632 g/mol. The third-order valence-electron chi connectivity index (χ3n) is 9.76. The Hall–Kier alpha value is -4.18. The fraction of sp³-hybridized carbons (Fsp3) is 0.564. The molecule has 2 fully saturated rings. The van der Waals surface area contributed by atoms with E-state index in [2.05, 4.69) is 61.8 Å². The Kier molecular flexibility index (Phi) is 9.63. The number of carbonyl (C=O) groups excluding carboxylic acids is 2. The van der Waals surface area contributed by atoms with Crippen molar-refractivity contribution in [2.24, 2.45) is 5.41 Å². The maximum atomic E-state index is 12.9. The van der Waals surface area contributed by atoms with Crippen LogP contribution in [-0.2, 0) is 26.2 Å². The first-order valence-corrected chi connectivity index (χ1v) is 17.6. The van der Waals surface area contributed by atoms with Crippen LogP contribution in [0.25, 0.3) is 5.69 Å². The van der Waals surface area contributed by atoms with Crippen LogP contribution in [0, 0.1) is 19.3 Å². The van der Waals surface area contributed by atoms with Gasteiger partial charge in [-0.05, 0) is 81.5 Å². The van der Waals surface area contributed by atoms with Gasteiger partial charge in [-0.3, -0.25) is 9.80 Å². The number of carbonyl (C=O) groups is 1. The summed E-state index contributed by atoms with van der Waals surface area (Å²) in [7, 11) is 1.55. The molecule has 0 aliphatic carbocycles. The number of rotatable bonds is 9. The second-order valence-corrected chi connectivity index (χ2v) is 16.5. The zero-order chi connectivity index (χ0) is 36.0. The van der Waals surface area contributed by atoms with E-state index in [9.17, 15) is 9.59 Å². The van der Waals surface area contributed by atoms with Crippen LogP contribution in [0.5, 0.6) is 5.75 Å². The number of nitrogens with zero attached hydrogens (tertiary/aromatic N) is 6. The molecule has 0 unspecified atom stereocenters. The van der Waals surface area contributed by atoms with Crippen LogP contribution in [0.3, 0.4) is 0 Å². The van der Waals surface area contributed by atoms with Crippen molar-refractivity contribution in [3.63, 3.8) is 0 Å². The molecule has 6 rings (SSSR count). The number of aromatic nitrogens is 3. The second-order valence-electron chi connectivity index (χ2n) is 16.5. The van der Waals surface area contributed by atoms with Crippen LogP contribution in [0.15, 0.2) is 42.2 Å². The smallest absolute Gasteiger partial charge is 0.416 e. The number of hydrogen-bond acceptors (Lipinski definition) is 9. The molecule has 0 saturated carbocycles. The minimum Gasteiger partial charge on any atom is -0.490 e. The van der Waals surface area contributed by atoms with Gasteiger partial charge in [0, 0.05) is 62.7 Å². The summed E-state index contributed by atoms with van der Waals surface area (Å²) < 4.78 is 18.9. The van der Waals surface area contributed by atoms with Crippen molar-refractivity contribution in [3.05, 3.63) is 70.4 Å². The summed E-state index contributed by atoms with van der Waals surface area (Å²) in [6, 6.07) is 12.7. The number of likely N-dealkylation sites (tertiary alicyclic amines) is 2. The molecule has 268 valence electrons. The average molecular weight is 685 g/mol. The third kappa shape index (κ3) is 7.75. The standard InChI is InChI=1S/C39H52N6O5/c1-26-14-27(2)45(41-26)32-16-28(15-30(18-32)37(3,4)5)29(17-33(21-46)48-9)19-42-22-39(23-42)24-43(25-39)20-31-10-11-34-35(40-31)44(12-13-49-34)36(47)50-38(6,7)8/h10-11,14-16,18,29H,12-13,17,19-20,22-25H2,1-9H3/t29-/m1/s1. The van der Waals surface area contributed by atoms with Gasteiger partial charge in [0.1, 0.15) is 12.2 Å². The predicted octanol–water partition coefficient (Wildman–Crippen LogP) is 5.97. The van der Waals surface area contributed by atoms with Crippen molar-refractivity contribution in [1.29, 1.82) is 0 Å². The van der Waals surface area contributed by atoms with Crippen LogP contribution in [0.1, 0.15) is 82.1 Å². The van der Waals surface area contributed by atoms with Gasteiger partial charge >= 0.3 is 6.09 Å². The highest BCUT2D eigenvalue weighted by atomic mass is 16.6. The number of fused-ring (bicyclic) bond motifs is 1. The number of allylic oxidation sites excluding steroid dienone is 1. The fourth-order valence-electron chi connectivity index (χ4n) is 7.50. The minimum atomic E-state index is -0.592. The van der Waals surface area contributed by atoms with Crippen molar-refractivity contribution in [3.8, 4) is 11.4 Å². The van der Waals surface area contributed by atoms with Crippen molar-refractivity contribution in [2.45, 2.75) is 85.3 Å². The molecule has 2 saturated heterocycles. The quantitative estimate of drug-likeness (QED) is 0.199. The van der Waals surface area contributed by atoms with E-state index in [0.29, 0.717) is 43.4 Å². The summed E-state index contributed by atoms with van der Waals surface area (Å²) in [6.45, 7) is 22.6. The van der Waals surface area contributed by atoms with Gasteiger partial charge in [-0.2, -0.15) is 5.10 Å². The molecule has 11 nitrogen and oxygen atoms in total. The molecule has 3 aliphatic rings. The molecule has 3 aromatic rings. The molecule has 0 bridgehead atoms. The summed E-state index contributed by atoms with van der Waals surface area (Å²) in [6.07, 6.45) is 0.0741. The lowest BCUT2D eigenvalue weighted by molar-refractivity contribution is -0.119. The largest absolute Gasteiger partial charge is 0.490 e. The number of methoxy groups -OCH3 is 1. The summed E-state index contributed by atoms with van der Waals surface area (Å²) >= 11 is 0. The Balaban J connectivity index is 1.13. The van der Waals surface area contributed by atoms with Gasteiger partial charge in [0.25, 0.3) is 0 Å². The topological polar surface area (TPSA) is 102 Å². The van der Waals surface area contributed by atoms with E-state index in [1.54, 1.807) is 12.0 Å². The molecule has 1 atom stereocenters. The van der Waals surface area contributed by atoms with Gasteiger partial charge in [-0.1, -0.05) is 26.8 Å². The van der Waals surface area contributed by atoms with E-state index in [4.69, 9.17) is 24.3 Å². The van der Waals surface area contributed by atoms with Gasteiger partial charge in [0.2, 0.25) is 0 Å². The lowest BCUT2D eigenvalue weighted by Gasteiger charge is -2.61. The number of anilines is 1.